The molecule has 0 radical (unpaired) electrons. The zero-order valence-electron chi connectivity index (χ0n) is 9.64. The van der Waals surface area contributed by atoms with Crippen LogP contribution in [0.3, 0.4) is 0 Å². The highest BCUT2D eigenvalue weighted by Crippen LogP contribution is 2.24. The number of aromatic nitrogens is 1. The van der Waals surface area contributed by atoms with E-state index in [0.29, 0.717) is 22.7 Å². The molecule has 0 saturated carbocycles. The van der Waals surface area contributed by atoms with E-state index < -0.39 is 5.97 Å². The van der Waals surface area contributed by atoms with E-state index in [-0.39, 0.29) is 12.5 Å². The van der Waals surface area contributed by atoms with Crippen LogP contribution in [0.4, 0.5) is 0 Å². The standard InChI is InChI=1S/C13H13ClN2O2/c14-9-3-1-2-8-4-6-11(16-13(8)9)10(15)5-7-12(17)18/h1-4,6,10H,5,7,15H2,(H,17,18). The van der Waals surface area contributed by atoms with Crippen LogP contribution in [0, 0.1) is 0 Å². The Kier molecular flexibility index (Phi) is 3.79. The van der Waals surface area contributed by atoms with Gasteiger partial charge in [-0.15, -0.1) is 0 Å². The summed E-state index contributed by atoms with van der Waals surface area (Å²) in [5.41, 5.74) is 7.28. The van der Waals surface area contributed by atoms with Crippen LogP contribution < -0.4 is 5.73 Å². The van der Waals surface area contributed by atoms with E-state index in [1.54, 1.807) is 6.07 Å². The maximum atomic E-state index is 10.5. The molecule has 0 amide bonds. The number of carboxylic acids is 1. The van der Waals surface area contributed by atoms with Gasteiger partial charge in [-0.25, -0.2) is 4.98 Å². The number of pyridine rings is 1. The van der Waals surface area contributed by atoms with Crippen LogP contribution in [-0.2, 0) is 4.79 Å². The minimum Gasteiger partial charge on any atom is -0.481 e. The molecule has 1 heterocycles. The number of carboxylic acid groups (broad SMARTS) is 1. The summed E-state index contributed by atoms with van der Waals surface area (Å²) < 4.78 is 0. The topological polar surface area (TPSA) is 76.2 Å². The number of benzene rings is 1. The van der Waals surface area contributed by atoms with Crippen molar-refractivity contribution < 1.29 is 9.90 Å². The minimum absolute atomic E-state index is 0.0312. The maximum absolute atomic E-state index is 10.5. The third-order valence-corrected chi connectivity index (χ3v) is 3.05. The molecule has 1 unspecified atom stereocenters. The smallest absolute Gasteiger partial charge is 0.303 e. The summed E-state index contributed by atoms with van der Waals surface area (Å²) in [6.45, 7) is 0. The molecule has 18 heavy (non-hydrogen) atoms. The first-order valence-electron chi connectivity index (χ1n) is 5.60. The second kappa shape index (κ2) is 5.33. The Morgan fingerprint density at radius 3 is 2.89 bits per heavy atom. The SMILES string of the molecule is NC(CCC(=O)O)c1ccc2cccc(Cl)c2n1. The third-order valence-electron chi connectivity index (χ3n) is 2.74. The van der Waals surface area contributed by atoms with Crippen molar-refractivity contribution in [2.75, 3.05) is 0 Å². The van der Waals surface area contributed by atoms with Crippen LogP contribution in [0.15, 0.2) is 30.3 Å². The molecular formula is C13H13ClN2O2. The fourth-order valence-electron chi connectivity index (χ4n) is 1.76. The molecule has 0 fully saturated rings. The number of rotatable bonds is 4. The van der Waals surface area contributed by atoms with E-state index in [2.05, 4.69) is 4.98 Å². The maximum Gasteiger partial charge on any atom is 0.303 e. The van der Waals surface area contributed by atoms with E-state index in [1.165, 1.54) is 0 Å². The highest BCUT2D eigenvalue weighted by Gasteiger charge is 2.11. The third kappa shape index (κ3) is 2.78. The molecule has 0 aliphatic rings. The molecule has 3 N–H and O–H groups in total. The summed E-state index contributed by atoms with van der Waals surface area (Å²) >= 11 is 6.06. The van der Waals surface area contributed by atoms with Gasteiger partial charge in [-0.2, -0.15) is 0 Å². The molecule has 4 nitrogen and oxygen atoms in total. The van der Waals surface area contributed by atoms with Gasteiger partial charge in [-0.3, -0.25) is 4.79 Å². The highest BCUT2D eigenvalue weighted by atomic mass is 35.5. The van der Waals surface area contributed by atoms with Gasteiger partial charge in [-0.05, 0) is 18.6 Å². The monoisotopic (exact) mass is 264 g/mol. The Labute approximate surface area is 109 Å². The van der Waals surface area contributed by atoms with Gasteiger partial charge >= 0.3 is 5.97 Å². The van der Waals surface area contributed by atoms with Gasteiger partial charge in [0.2, 0.25) is 0 Å². The predicted octanol–water partition coefficient (Wildman–Crippen LogP) is 2.75. The van der Waals surface area contributed by atoms with Gasteiger partial charge in [0.05, 0.1) is 16.2 Å². The molecule has 0 bridgehead atoms. The van der Waals surface area contributed by atoms with Gasteiger partial charge in [-0.1, -0.05) is 29.8 Å². The van der Waals surface area contributed by atoms with Gasteiger partial charge in [0.25, 0.3) is 0 Å². The van der Waals surface area contributed by atoms with Crippen LogP contribution in [0.25, 0.3) is 10.9 Å². The Bertz CT molecular complexity index is 586. The van der Waals surface area contributed by atoms with Crippen molar-refractivity contribution in [1.29, 1.82) is 0 Å². The number of aliphatic carboxylic acids is 1. The number of nitrogens with two attached hydrogens (primary N) is 1. The molecular weight excluding hydrogens is 252 g/mol. The highest BCUT2D eigenvalue weighted by molar-refractivity contribution is 6.35. The van der Waals surface area contributed by atoms with Gasteiger partial charge in [0.1, 0.15) is 0 Å². The lowest BCUT2D eigenvalue weighted by Crippen LogP contribution is -2.13. The average molecular weight is 265 g/mol. The molecule has 1 aromatic carbocycles. The summed E-state index contributed by atoms with van der Waals surface area (Å²) in [7, 11) is 0. The lowest BCUT2D eigenvalue weighted by atomic mass is 10.1. The Hall–Kier alpha value is -1.65. The summed E-state index contributed by atoms with van der Waals surface area (Å²) in [6.07, 6.45) is 0.391. The van der Waals surface area contributed by atoms with Crippen molar-refractivity contribution in [3.8, 4) is 0 Å². The number of halogens is 1. The molecule has 5 heteroatoms. The van der Waals surface area contributed by atoms with E-state index >= 15 is 0 Å². The van der Waals surface area contributed by atoms with Gasteiger partial charge in [0, 0.05) is 17.8 Å². The van der Waals surface area contributed by atoms with Crippen LogP contribution in [-0.4, -0.2) is 16.1 Å². The number of carbonyl (C=O) groups is 1. The van der Waals surface area contributed by atoms with Crippen molar-refractivity contribution in [2.24, 2.45) is 5.73 Å². The Morgan fingerprint density at radius 2 is 2.17 bits per heavy atom. The van der Waals surface area contributed by atoms with Gasteiger partial charge in [0.15, 0.2) is 0 Å². The number of nitrogens with zero attached hydrogens (tertiary/aromatic N) is 1. The summed E-state index contributed by atoms with van der Waals surface area (Å²) in [4.78, 5) is 14.9. The van der Waals surface area contributed by atoms with Crippen LogP contribution in [0.5, 0.6) is 0 Å². The summed E-state index contributed by atoms with van der Waals surface area (Å²) in [6, 6.07) is 8.86. The summed E-state index contributed by atoms with van der Waals surface area (Å²) in [5.74, 6) is -0.857. The quantitative estimate of drug-likeness (QED) is 0.890. The zero-order valence-corrected chi connectivity index (χ0v) is 10.4. The number of para-hydroxylation sites is 1. The minimum atomic E-state index is -0.857. The zero-order chi connectivity index (χ0) is 13.1. The lowest BCUT2D eigenvalue weighted by Gasteiger charge is -2.11. The van der Waals surface area contributed by atoms with E-state index in [0.717, 1.165) is 5.39 Å². The number of fused-ring (bicyclic) bond motifs is 1. The lowest BCUT2D eigenvalue weighted by molar-refractivity contribution is -0.137. The Morgan fingerprint density at radius 1 is 1.39 bits per heavy atom. The van der Waals surface area contributed by atoms with Crippen molar-refractivity contribution in [3.63, 3.8) is 0 Å². The van der Waals surface area contributed by atoms with Crippen molar-refractivity contribution in [3.05, 3.63) is 41.0 Å². The molecule has 2 aromatic rings. The van der Waals surface area contributed by atoms with Gasteiger partial charge < -0.3 is 10.8 Å². The molecule has 0 aliphatic carbocycles. The molecule has 1 aromatic heterocycles. The fraction of sp³-hybridized carbons (Fsp3) is 0.231. The van der Waals surface area contributed by atoms with Crippen molar-refractivity contribution in [1.82, 2.24) is 4.98 Å². The van der Waals surface area contributed by atoms with Crippen molar-refractivity contribution >= 4 is 28.5 Å². The second-order valence-electron chi connectivity index (χ2n) is 4.09. The largest absolute Gasteiger partial charge is 0.481 e. The molecule has 1 atom stereocenters. The predicted molar refractivity (Wildman–Crippen MR) is 70.6 cm³/mol. The van der Waals surface area contributed by atoms with Crippen LogP contribution in [0.2, 0.25) is 5.02 Å². The van der Waals surface area contributed by atoms with E-state index in [4.69, 9.17) is 22.4 Å². The van der Waals surface area contributed by atoms with Crippen molar-refractivity contribution in [2.45, 2.75) is 18.9 Å². The second-order valence-corrected chi connectivity index (χ2v) is 4.49. The van der Waals surface area contributed by atoms with Crippen LogP contribution >= 0.6 is 11.6 Å². The normalized spacial score (nSPS) is 12.6. The molecule has 0 aliphatic heterocycles. The van der Waals surface area contributed by atoms with Crippen LogP contribution in [0.1, 0.15) is 24.6 Å². The van der Waals surface area contributed by atoms with E-state index in [9.17, 15) is 4.79 Å². The first-order chi connectivity index (χ1) is 8.58. The average Bonchev–Trinajstić information content (AvgIpc) is 2.36. The molecule has 2 rings (SSSR count). The first-order valence-corrected chi connectivity index (χ1v) is 5.98. The number of hydrogen-bond donors (Lipinski definition) is 2. The summed E-state index contributed by atoms with van der Waals surface area (Å²) in [5, 5.41) is 10.1. The first kappa shape index (κ1) is 12.8. The Balaban J connectivity index is 2.29. The number of hydrogen-bond acceptors (Lipinski definition) is 3. The molecule has 0 saturated heterocycles. The molecule has 0 spiro atoms. The molecule has 94 valence electrons. The van der Waals surface area contributed by atoms with E-state index in [1.807, 2.05) is 24.3 Å². The fourth-order valence-corrected chi connectivity index (χ4v) is 1.98.